The van der Waals surface area contributed by atoms with Gasteiger partial charge in [-0.1, -0.05) is 218 Å². The van der Waals surface area contributed by atoms with E-state index in [1.54, 1.807) is 0 Å². The number of nitrogens with one attached hydrogen (secondary N) is 1. The Hall–Kier alpha value is -8.89. The van der Waals surface area contributed by atoms with Crippen molar-refractivity contribution in [3.05, 3.63) is 276 Å². The number of hydrogen-bond acceptors (Lipinski definition) is 2. The molecule has 84 heavy (non-hydrogen) atoms. The van der Waals surface area contributed by atoms with Crippen LogP contribution in [0.5, 0.6) is 11.5 Å². The van der Waals surface area contributed by atoms with Crippen molar-refractivity contribution in [2.45, 2.75) is 70.1 Å². The maximum atomic E-state index is 6.80. The number of fused-ring (bicyclic) bond motifs is 19. The number of hydrogen-bond donors (Lipinski definition) is 1. The van der Waals surface area contributed by atoms with Gasteiger partial charge in [0.15, 0.2) is 0 Å². The number of pyridine rings is 1. The van der Waals surface area contributed by atoms with E-state index in [0.29, 0.717) is 11.5 Å². The summed E-state index contributed by atoms with van der Waals surface area (Å²) in [6.07, 6.45) is 5.71. The monoisotopic (exact) mass is 1260 g/mol. The third-order valence-corrected chi connectivity index (χ3v) is 20.8. The van der Waals surface area contributed by atoms with Crippen LogP contribution in [0.2, 0.25) is 0 Å². The molecule has 4 unspecified atom stereocenters. The van der Waals surface area contributed by atoms with Crippen molar-refractivity contribution >= 4 is 32.8 Å². The van der Waals surface area contributed by atoms with E-state index in [4.69, 9.17) is 9.72 Å². The number of benzene rings is 10. The van der Waals surface area contributed by atoms with E-state index in [0.717, 1.165) is 77.7 Å². The Bertz CT molecular complexity index is 4970. The molecule has 408 valence electrons. The molecule has 10 aromatic carbocycles. The van der Waals surface area contributed by atoms with Gasteiger partial charge in [0.25, 0.3) is 0 Å². The van der Waals surface area contributed by atoms with Crippen LogP contribution >= 0.6 is 0 Å². The minimum atomic E-state index is -0.288. The number of ether oxygens (including phenoxy) is 1. The zero-order chi connectivity index (χ0) is 55.9. The first kappa shape index (κ1) is 50.8. The van der Waals surface area contributed by atoms with Gasteiger partial charge in [0.2, 0.25) is 6.33 Å². The van der Waals surface area contributed by atoms with Gasteiger partial charge >= 0.3 is 0 Å². The van der Waals surface area contributed by atoms with E-state index >= 15 is 0 Å². The summed E-state index contributed by atoms with van der Waals surface area (Å²) in [6.45, 7) is 16.9. The predicted molar refractivity (Wildman–Crippen MR) is 335 cm³/mol. The topological polar surface area (TPSA) is 46.7 Å². The Morgan fingerprint density at radius 2 is 1.05 bits per heavy atom. The molecule has 0 radical (unpaired) electrons. The second kappa shape index (κ2) is 17.6. The summed E-state index contributed by atoms with van der Waals surface area (Å²) in [4.78, 5) is 8.68. The minimum absolute atomic E-state index is 0. The molecular formula is C78H58N4OPt-2. The molecule has 17 rings (SSSR count). The van der Waals surface area contributed by atoms with Crippen LogP contribution in [0.4, 0.5) is 0 Å². The number of aromatic nitrogens is 4. The maximum Gasteiger partial charge on any atom is 0.241 e. The molecule has 0 fully saturated rings. The van der Waals surface area contributed by atoms with Crippen LogP contribution in [0, 0.1) is 23.9 Å². The Kier molecular flexibility index (Phi) is 10.6. The van der Waals surface area contributed by atoms with Crippen LogP contribution in [0.15, 0.2) is 219 Å². The van der Waals surface area contributed by atoms with Crippen molar-refractivity contribution in [2.75, 3.05) is 0 Å². The van der Waals surface area contributed by atoms with Crippen LogP contribution < -0.4 is 9.30 Å². The van der Waals surface area contributed by atoms with E-state index < -0.39 is 0 Å². The molecule has 0 spiro atoms. The smallest absolute Gasteiger partial charge is 0.241 e. The van der Waals surface area contributed by atoms with Crippen molar-refractivity contribution in [2.24, 2.45) is 5.41 Å². The van der Waals surface area contributed by atoms with Gasteiger partial charge in [-0.2, -0.15) is 6.07 Å². The van der Waals surface area contributed by atoms with Gasteiger partial charge in [0.05, 0.1) is 11.2 Å². The van der Waals surface area contributed by atoms with Crippen molar-refractivity contribution in [1.82, 2.24) is 14.5 Å². The Morgan fingerprint density at radius 1 is 0.488 bits per heavy atom. The van der Waals surface area contributed by atoms with E-state index in [1.165, 1.54) is 61.2 Å². The minimum Gasteiger partial charge on any atom is -0.503 e. The van der Waals surface area contributed by atoms with Gasteiger partial charge in [0.1, 0.15) is 5.82 Å². The van der Waals surface area contributed by atoms with Gasteiger partial charge in [-0.15, -0.1) is 52.9 Å². The predicted octanol–water partition coefficient (Wildman–Crippen LogP) is 18.3. The second-order valence-electron chi connectivity index (χ2n) is 25.2. The summed E-state index contributed by atoms with van der Waals surface area (Å²) in [7, 11) is 0. The van der Waals surface area contributed by atoms with Crippen molar-refractivity contribution in [3.63, 3.8) is 0 Å². The Balaban J connectivity index is 0.00000577. The van der Waals surface area contributed by atoms with E-state index in [1.807, 2.05) is 18.3 Å². The average Bonchev–Trinajstić information content (AvgIpc) is 1.45. The Labute approximate surface area is 504 Å². The standard InChI is InChI=1S/C78H58N4O.Pt/c1-74(2,3)49-40-41-79-70(44-49)82-68-33-17-12-26-58(68)59-36-35-51(45-69(59)82)83-50-21-18-20-47(42-50)52-37-38-61-57-25-11-9-23-55(57)54-22-8-10-24-56(54)60-28-19-27-53(72(60)81-46-80-71(52)73(61)81)48-34-39-66-67(43-48)77(6)65-32-16-15-31-64(65)75(4)62-29-13-14-30-63(62)76(66,5)78(75,77)7;/h8-41,43-44,80H,1-7H3;/q-2;. The zero-order valence-corrected chi connectivity index (χ0v) is 50.1. The molecule has 6 heteroatoms. The molecule has 3 aliphatic carbocycles. The molecule has 1 N–H and O–H groups in total. The largest absolute Gasteiger partial charge is 0.503 e. The molecule has 4 aliphatic rings. The van der Waals surface area contributed by atoms with Crippen molar-refractivity contribution < 1.29 is 30.4 Å². The normalized spacial score (nSPS) is 20.2. The molecule has 3 aromatic heterocycles. The van der Waals surface area contributed by atoms with Crippen molar-refractivity contribution in [3.8, 4) is 78.6 Å². The third-order valence-electron chi connectivity index (χ3n) is 20.8. The molecule has 0 saturated carbocycles. The number of rotatable bonds is 5. The zero-order valence-electron chi connectivity index (χ0n) is 47.9. The van der Waals surface area contributed by atoms with Crippen LogP contribution in [0.1, 0.15) is 87.4 Å². The summed E-state index contributed by atoms with van der Waals surface area (Å²) < 4.78 is 11.3. The summed E-state index contributed by atoms with van der Waals surface area (Å²) >= 11 is 0. The van der Waals surface area contributed by atoms with Gasteiger partial charge in [-0.25, -0.2) is 4.98 Å². The average molecular weight is 1260 g/mol. The number of aromatic amines is 1. The van der Waals surface area contributed by atoms with Crippen molar-refractivity contribution in [1.29, 1.82) is 0 Å². The van der Waals surface area contributed by atoms with E-state index in [9.17, 15) is 0 Å². The fourth-order valence-corrected chi connectivity index (χ4v) is 16.7. The van der Waals surface area contributed by atoms with E-state index in [2.05, 4.69) is 281 Å². The first-order chi connectivity index (χ1) is 40.3. The van der Waals surface area contributed by atoms with E-state index in [-0.39, 0.29) is 48.1 Å². The Morgan fingerprint density at radius 3 is 1.74 bits per heavy atom. The fraction of sp³-hybridized carbons (Fsp3) is 0.154. The molecule has 4 heterocycles. The SMILES string of the molecule is CC(C)(C)c1ccnc(-n2c3[c-]c(Oc4[c-]c(-c5ccc6c7c5[nH][c-][n+]7-c5c(-c7ccc8c(c7)C7(C)c9ccccc9C9(C)c%10ccccc%10C8(C)C97C)cccc5-c5ccccc5-c5ccccc5-6)ccc4)ccc3c3ccccc32)c1.[Pt]. The molecule has 4 atom stereocenters. The van der Waals surface area contributed by atoms with Crippen LogP contribution in [0.3, 0.4) is 0 Å². The van der Waals surface area contributed by atoms with Gasteiger partial charge in [-0.05, 0) is 112 Å². The van der Waals surface area contributed by atoms with Crippen LogP contribution in [-0.4, -0.2) is 14.5 Å². The molecule has 5 nitrogen and oxygen atoms in total. The van der Waals surface area contributed by atoms with Crippen LogP contribution in [-0.2, 0) is 42.7 Å². The molecule has 0 bridgehead atoms. The second-order valence-corrected chi connectivity index (χ2v) is 25.2. The third kappa shape index (κ3) is 6.33. The summed E-state index contributed by atoms with van der Waals surface area (Å²) in [5.41, 5.74) is 25.1. The number of H-pyrrole nitrogens is 1. The molecule has 0 saturated heterocycles. The van der Waals surface area contributed by atoms with Gasteiger partial charge in [-0.3, -0.25) is 0 Å². The van der Waals surface area contributed by atoms with Gasteiger partial charge < -0.3 is 18.9 Å². The summed E-state index contributed by atoms with van der Waals surface area (Å²) in [6, 6.07) is 85.8. The molecule has 1 aliphatic heterocycles. The van der Waals surface area contributed by atoms with Crippen LogP contribution in [0.25, 0.3) is 100.0 Å². The maximum absolute atomic E-state index is 6.80. The summed E-state index contributed by atoms with van der Waals surface area (Å²) in [5.74, 6) is 2.03. The quantitative estimate of drug-likeness (QED) is 0.138. The van der Waals surface area contributed by atoms with Gasteiger partial charge in [0, 0.05) is 71.5 Å². The number of imidazole rings is 1. The fourth-order valence-electron chi connectivity index (χ4n) is 16.7. The number of nitrogens with zero attached hydrogens (tertiary/aromatic N) is 3. The first-order valence-corrected chi connectivity index (χ1v) is 29.1. The molecule has 13 aromatic rings. The first-order valence-electron chi connectivity index (χ1n) is 29.1. The molecule has 0 amide bonds. The summed E-state index contributed by atoms with van der Waals surface area (Å²) in [5, 5.41) is 2.22. The molecular weight excluding hydrogens is 1200 g/mol. The number of para-hydroxylation sites is 2.